The molecule has 0 unspecified atom stereocenters. The quantitative estimate of drug-likeness (QED) is 0.181. The molecular weight excluding hydrogens is 631 g/mol. The average molecular weight is 666 g/mol. The van der Waals surface area contributed by atoms with Crippen LogP contribution in [0.15, 0.2) is 65.6 Å². The van der Waals surface area contributed by atoms with E-state index in [9.17, 15) is 28.1 Å². The zero-order valence-electron chi connectivity index (χ0n) is 24.9. The molecule has 14 heteroatoms. The Balaban J connectivity index is 2.14. The number of sulfonamides is 1. The summed E-state index contributed by atoms with van der Waals surface area (Å²) in [5.41, 5.74) is 0.564. The first-order valence-electron chi connectivity index (χ1n) is 13.6. The van der Waals surface area contributed by atoms with Gasteiger partial charge < -0.3 is 15.0 Å². The average Bonchev–Trinajstić information content (AvgIpc) is 2.97. The maximum atomic E-state index is 14.2. The van der Waals surface area contributed by atoms with E-state index in [0.717, 1.165) is 10.4 Å². The lowest BCUT2D eigenvalue weighted by Gasteiger charge is -2.33. The number of hydrogen-bond donors (Lipinski definition) is 1. The third kappa shape index (κ3) is 8.19. The number of amides is 2. The van der Waals surface area contributed by atoms with Crippen molar-refractivity contribution >= 4 is 56.4 Å². The molecule has 0 saturated heterocycles. The third-order valence-electron chi connectivity index (χ3n) is 6.76. The van der Waals surface area contributed by atoms with Crippen molar-refractivity contribution in [2.75, 3.05) is 18.0 Å². The van der Waals surface area contributed by atoms with Crippen molar-refractivity contribution in [1.29, 1.82) is 0 Å². The van der Waals surface area contributed by atoms with Gasteiger partial charge >= 0.3 is 0 Å². The lowest BCUT2D eigenvalue weighted by Crippen LogP contribution is -2.53. The highest BCUT2D eigenvalue weighted by molar-refractivity contribution is 7.92. The summed E-state index contributed by atoms with van der Waals surface area (Å²) >= 11 is 12.3. The predicted octanol–water partition coefficient (Wildman–Crippen LogP) is 5.75. The van der Waals surface area contributed by atoms with Gasteiger partial charge in [0, 0.05) is 24.2 Å². The van der Waals surface area contributed by atoms with Gasteiger partial charge in [-0.25, -0.2) is 8.42 Å². The molecule has 0 bridgehead atoms. The fourth-order valence-corrected chi connectivity index (χ4v) is 6.24. The van der Waals surface area contributed by atoms with Crippen LogP contribution in [0.5, 0.6) is 5.75 Å². The molecule has 44 heavy (non-hydrogen) atoms. The number of aryl methyl sites for hydroxylation is 1. The van der Waals surface area contributed by atoms with E-state index in [4.69, 9.17) is 27.9 Å². The highest BCUT2D eigenvalue weighted by atomic mass is 35.5. The summed E-state index contributed by atoms with van der Waals surface area (Å²) in [6.07, 6.45) is 0.227. The van der Waals surface area contributed by atoms with E-state index in [-0.39, 0.29) is 45.9 Å². The summed E-state index contributed by atoms with van der Waals surface area (Å²) in [6, 6.07) is 13.1. The first kappa shape index (κ1) is 34.6. The summed E-state index contributed by atoms with van der Waals surface area (Å²) in [7, 11) is -3.08. The van der Waals surface area contributed by atoms with Gasteiger partial charge in [0.2, 0.25) is 11.8 Å². The van der Waals surface area contributed by atoms with Crippen molar-refractivity contribution in [1.82, 2.24) is 10.2 Å². The van der Waals surface area contributed by atoms with Crippen molar-refractivity contribution in [2.45, 2.75) is 57.6 Å². The Kier molecular flexibility index (Phi) is 11.6. The number of rotatable bonds is 13. The van der Waals surface area contributed by atoms with E-state index in [1.165, 1.54) is 55.3 Å². The predicted molar refractivity (Wildman–Crippen MR) is 170 cm³/mol. The second-order valence-corrected chi connectivity index (χ2v) is 12.9. The van der Waals surface area contributed by atoms with Gasteiger partial charge in [0.1, 0.15) is 18.3 Å². The van der Waals surface area contributed by atoms with E-state index in [1.54, 1.807) is 39.0 Å². The van der Waals surface area contributed by atoms with Gasteiger partial charge in [-0.3, -0.25) is 24.0 Å². The summed E-state index contributed by atoms with van der Waals surface area (Å²) < 4.78 is 34.2. The number of nitro groups is 1. The van der Waals surface area contributed by atoms with Crippen molar-refractivity contribution < 1.29 is 27.7 Å². The Bertz CT molecular complexity index is 1630. The molecule has 3 aromatic rings. The SMILES string of the molecule is CC[C@H](C(=O)NC(C)C)N(Cc1ccc(Cl)c(Cl)c1)C(=O)CN(c1ccc(OC)cc1)S(=O)(=O)c1ccc(C)c([N+](=O)[O-])c1. The highest BCUT2D eigenvalue weighted by Gasteiger charge is 2.34. The van der Waals surface area contributed by atoms with Crippen LogP contribution in [0.2, 0.25) is 10.0 Å². The topological polar surface area (TPSA) is 139 Å². The van der Waals surface area contributed by atoms with Crippen LogP contribution in [0.1, 0.15) is 38.3 Å². The smallest absolute Gasteiger partial charge is 0.273 e. The summed E-state index contributed by atoms with van der Waals surface area (Å²) in [6.45, 7) is 6.01. The van der Waals surface area contributed by atoms with E-state index in [1.807, 2.05) is 0 Å². The van der Waals surface area contributed by atoms with Gasteiger partial charge in [-0.15, -0.1) is 0 Å². The standard InChI is InChI=1S/C30H34Cl2N4O7S/c1-6-27(30(38)33-19(2)3)34(17-21-8-14-25(31)26(32)15-21)29(37)18-35(22-9-11-23(43-5)12-10-22)44(41,42)24-13-7-20(4)28(16-24)36(39)40/h7-16,19,27H,6,17-18H2,1-5H3,(H,33,38)/t27-/m1/s1. The minimum absolute atomic E-state index is 0.0771. The number of benzene rings is 3. The number of carbonyl (C=O) groups excluding carboxylic acids is 2. The number of hydrogen-bond acceptors (Lipinski definition) is 7. The first-order valence-corrected chi connectivity index (χ1v) is 15.8. The second kappa shape index (κ2) is 14.7. The zero-order chi connectivity index (χ0) is 32.8. The summed E-state index contributed by atoms with van der Waals surface area (Å²) in [4.78, 5) is 39.3. The summed E-state index contributed by atoms with van der Waals surface area (Å²) in [5, 5.41) is 15.0. The molecule has 11 nitrogen and oxygen atoms in total. The lowest BCUT2D eigenvalue weighted by atomic mass is 10.1. The van der Waals surface area contributed by atoms with Crippen LogP contribution < -0.4 is 14.4 Å². The molecule has 0 radical (unpaired) electrons. The molecule has 0 aliphatic heterocycles. The maximum Gasteiger partial charge on any atom is 0.273 e. The minimum Gasteiger partial charge on any atom is -0.497 e. The second-order valence-electron chi connectivity index (χ2n) is 10.3. The molecule has 0 saturated carbocycles. The van der Waals surface area contributed by atoms with Crippen LogP contribution in [-0.4, -0.2) is 55.8 Å². The molecule has 3 aromatic carbocycles. The molecule has 3 rings (SSSR count). The minimum atomic E-state index is -4.53. The van der Waals surface area contributed by atoms with E-state index in [2.05, 4.69) is 5.32 Å². The highest BCUT2D eigenvalue weighted by Crippen LogP contribution is 2.30. The monoisotopic (exact) mass is 664 g/mol. The Hall–Kier alpha value is -3.87. The molecule has 0 spiro atoms. The number of nitrogens with one attached hydrogen (secondary N) is 1. The molecule has 1 N–H and O–H groups in total. The van der Waals surface area contributed by atoms with Gasteiger partial charge in [-0.2, -0.15) is 0 Å². The van der Waals surface area contributed by atoms with Gasteiger partial charge in [-0.05, 0) is 75.2 Å². The van der Waals surface area contributed by atoms with Crippen LogP contribution in [0.3, 0.4) is 0 Å². The molecule has 0 aliphatic carbocycles. The normalized spacial score (nSPS) is 12.0. The number of anilines is 1. The number of methoxy groups -OCH3 is 1. The molecule has 0 aromatic heterocycles. The zero-order valence-corrected chi connectivity index (χ0v) is 27.2. The number of carbonyl (C=O) groups is 2. The van der Waals surface area contributed by atoms with Crippen LogP contribution in [0.4, 0.5) is 11.4 Å². The van der Waals surface area contributed by atoms with Crippen LogP contribution in [0, 0.1) is 17.0 Å². The fourth-order valence-electron chi connectivity index (χ4n) is 4.49. The first-order chi connectivity index (χ1) is 20.7. The molecule has 0 fully saturated rings. The maximum absolute atomic E-state index is 14.2. The molecule has 1 atom stereocenters. The molecule has 2 amide bonds. The number of ether oxygens (including phenoxy) is 1. The summed E-state index contributed by atoms with van der Waals surface area (Å²) in [5.74, 6) is -0.659. The van der Waals surface area contributed by atoms with Crippen molar-refractivity contribution in [3.05, 3.63) is 92.0 Å². The number of nitrogens with zero attached hydrogens (tertiary/aromatic N) is 3. The van der Waals surface area contributed by atoms with Crippen molar-refractivity contribution in [2.24, 2.45) is 0 Å². The van der Waals surface area contributed by atoms with Gasteiger partial charge in [-0.1, -0.05) is 42.3 Å². The Morgan fingerprint density at radius 3 is 2.23 bits per heavy atom. The number of halogens is 2. The van der Waals surface area contributed by atoms with Gasteiger partial charge in [0.25, 0.3) is 15.7 Å². The number of nitro benzene ring substituents is 1. The Morgan fingerprint density at radius 2 is 1.68 bits per heavy atom. The third-order valence-corrected chi connectivity index (χ3v) is 9.27. The Morgan fingerprint density at radius 1 is 1.02 bits per heavy atom. The largest absolute Gasteiger partial charge is 0.497 e. The van der Waals surface area contributed by atoms with Crippen molar-refractivity contribution in [3.63, 3.8) is 0 Å². The van der Waals surface area contributed by atoms with E-state index in [0.29, 0.717) is 16.3 Å². The van der Waals surface area contributed by atoms with Crippen LogP contribution in [0.25, 0.3) is 0 Å². The van der Waals surface area contributed by atoms with Crippen molar-refractivity contribution in [3.8, 4) is 5.75 Å². The molecule has 0 heterocycles. The molecule has 236 valence electrons. The van der Waals surface area contributed by atoms with E-state index >= 15 is 0 Å². The van der Waals surface area contributed by atoms with Crippen LogP contribution in [-0.2, 0) is 26.2 Å². The molecule has 0 aliphatic rings. The van der Waals surface area contributed by atoms with Crippen LogP contribution >= 0.6 is 23.2 Å². The Labute approximate surface area is 266 Å². The fraction of sp³-hybridized carbons (Fsp3) is 0.333. The van der Waals surface area contributed by atoms with Gasteiger partial charge in [0.15, 0.2) is 0 Å². The van der Waals surface area contributed by atoms with Gasteiger partial charge in [0.05, 0.1) is 32.7 Å². The molecular formula is C30H34Cl2N4O7S. The van der Waals surface area contributed by atoms with E-state index < -0.39 is 39.3 Å². The lowest BCUT2D eigenvalue weighted by molar-refractivity contribution is -0.385.